The maximum atomic E-state index is 13.9. The van der Waals surface area contributed by atoms with Gasteiger partial charge in [-0.15, -0.1) is 0 Å². The number of aromatic nitrogens is 1. The van der Waals surface area contributed by atoms with Crippen LogP contribution in [0.3, 0.4) is 0 Å². The predicted octanol–water partition coefficient (Wildman–Crippen LogP) is 3.50. The van der Waals surface area contributed by atoms with Crippen LogP contribution in [0.1, 0.15) is 58.6 Å². The van der Waals surface area contributed by atoms with Crippen LogP contribution in [0.4, 0.5) is 5.82 Å². The van der Waals surface area contributed by atoms with E-state index in [-0.39, 0.29) is 23.8 Å². The smallest absolute Gasteiger partial charge is 0.318 e. The largest absolute Gasteiger partial charge is 0.480 e. The number of nitrogens with one attached hydrogen (secondary N) is 1. The van der Waals surface area contributed by atoms with Crippen molar-refractivity contribution >= 4 is 23.6 Å². The highest BCUT2D eigenvalue weighted by Crippen LogP contribution is 2.47. The number of carbonyl (C=O) groups is 3. The van der Waals surface area contributed by atoms with Gasteiger partial charge >= 0.3 is 5.97 Å². The number of likely N-dealkylation sites (N-methyl/N-ethyl adjacent to an activating group) is 1. The molecule has 6 rings (SSSR count). The third-order valence-corrected chi connectivity index (χ3v) is 9.51. The van der Waals surface area contributed by atoms with E-state index in [0.717, 1.165) is 43.1 Å². The number of piperidine rings is 1. The number of piperazine rings is 1. The van der Waals surface area contributed by atoms with E-state index >= 15 is 0 Å². The molecule has 1 aromatic heterocycles. The zero-order valence-electron chi connectivity index (χ0n) is 24.6. The van der Waals surface area contributed by atoms with Gasteiger partial charge in [0.25, 0.3) is 5.91 Å². The highest BCUT2D eigenvalue weighted by Gasteiger charge is 2.49. The van der Waals surface area contributed by atoms with E-state index in [1.165, 1.54) is 0 Å². The van der Waals surface area contributed by atoms with Crippen LogP contribution in [0.5, 0.6) is 0 Å². The van der Waals surface area contributed by atoms with Gasteiger partial charge < -0.3 is 25.1 Å². The van der Waals surface area contributed by atoms with Crippen molar-refractivity contribution in [1.29, 1.82) is 0 Å². The van der Waals surface area contributed by atoms with Gasteiger partial charge in [-0.05, 0) is 61.6 Å². The molecule has 2 aliphatic heterocycles. The van der Waals surface area contributed by atoms with Gasteiger partial charge in [0.1, 0.15) is 11.2 Å². The van der Waals surface area contributed by atoms with Gasteiger partial charge in [-0.1, -0.05) is 54.6 Å². The van der Waals surface area contributed by atoms with Crippen molar-refractivity contribution in [3.63, 3.8) is 0 Å². The van der Waals surface area contributed by atoms with E-state index in [4.69, 9.17) is 0 Å². The highest BCUT2D eigenvalue weighted by molar-refractivity contribution is 5.99. The SMILES string of the molecule is CN1CCN(c2ncccc2C(=O)NC2CCN(C(=O)[C@H]3CC[C@@](C(=O)O)(c4ccccc4)c4ccccc43)CC2)CC1. The Labute approximate surface area is 252 Å². The summed E-state index contributed by atoms with van der Waals surface area (Å²) in [7, 11) is 2.10. The molecule has 0 radical (unpaired) electrons. The van der Waals surface area contributed by atoms with Crippen LogP contribution >= 0.6 is 0 Å². The molecule has 2 amide bonds. The van der Waals surface area contributed by atoms with Crippen molar-refractivity contribution in [2.24, 2.45) is 0 Å². The maximum Gasteiger partial charge on any atom is 0.318 e. The molecule has 3 aliphatic rings. The monoisotopic (exact) mass is 581 g/mol. The number of benzene rings is 2. The Hall–Kier alpha value is -4.24. The standard InChI is InChI=1S/C34H39N5O4/c1-37-20-22-38(23-21-37)30-28(11-7-17-35-30)31(40)36-25-14-18-39(19-15-25)32(41)27-13-16-34(33(42)43,24-8-3-2-4-9-24)29-12-6-5-10-26(27)29/h2-12,17,25,27H,13-16,18-23H2,1H3,(H,36,40)(H,42,43)/t27-,34+/m0/s1. The lowest BCUT2D eigenvalue weighted by atomic mass is 9.63. The minimum atomic E-state index is -1.18. The molecule has 3 heterocycles. The number of amides is 2. The summed E-state index contributed by atoms with van der Waals surface area (Å²) in [6.07, 6.45) is 3.88. The van der Waals surface area contributed by atoms with Crippen LogP contribution in [0, 0.1) is 0 Å². The quantitative estimate of drug-likeness (QED) is 0.459. The van der Waals surface area contributed by atoms with Crippen LogP contribution in [0.2, 0.25) is 0 Å². The molecular weight excluding hydrogens is 542 g/mol. The van der Waals surface area contributed by atoms with E-state index in [9.17, 15) is 19.5 Å². The third-order valence-electron chi connectivity index (χ3n) is 9.51. The zero-order chi connectivity index (χ0) is 30.0. The number of carboxylic acid groups (broad SMARTS) is 1. The molecule has 2 aromatic carbocycles. The number of anilines is 1. The Balaban J connectivity index is 1.13. The Kier molecular flexibility index (Phi) is 8.17. The Morgan fingerprint density at radius 2 is 1.56 bits per heavy atom. The number of carbonyl (C=O) groups excluding carboxylic acids is 2. The first-order chi connectivity index (χ1) is 20.9. The fraction of sp³-hybridized carbons (Fsp3) is 0.412. The van der Waals surface area contributed by atoms with Crippen molar-refractivity contribution in [2.75, 3.05) is 51.2 Å². The summed E-state index contributed by atoms with van der Waals surface area (Å²) in [4.78, 5) is 51.0. The van der Waals surface area contributed by atoms with Crippen LogP contribution in [0.25, 0.3) is 0 Å². The molecule has 2 N–H and O–H groups in total. The van der Waals surface area contributed by atoms with Gasteiger partial charge in [0.15, 0.2) is 0 Å². The van der Waals surface area contributed by atoms with Gasteiger partial charge in [-0.3, -0.25) is 14.4 Å². The molecular formula is C34H39N5O4. The topological polar surface area (TPSA) is 106 Å². The first-order valence-electron chi connectivity index (χ1n) is 15.2. The van der Waals surface area contributed by atoms with Crippen molar-refractivity contribution in [3.8, 4) is 0 Å². The van der Waals surface area contributed by atoms with Crippen molar-refractivity contribution in [2.45, 2.75) is 43.1 Å². The molecule has 0 unspecified atom stereocenters. The lowest BCUT2D eigenvalue weighted by Crippen LogP contribution is -2.49. The molecule has 9 heteroatoms. The number of hydrogen-bond acceptors (Lipinski definition) is 6. The molecule has 2 atom stereocenters. The van der Waals surface area contributed by atoms with E-state index in [0.29, 0.717) is 49.9 Å². The second kappa shape index (κ2) is 12.2. The van der Waals surface area contributed by atoms with E-state index in [1.54, 1.807) is 12.3 Å². The Morgan fingerprint density at radius 3 is 2.28 bits per heavy atom. The minimum absolute atomic E-state index is 0.0338. The molecule has 224 valence electrons. The molecule has 0 bridgehead atoms. The molecule has 3 aromatic rings. The molecule has 2 fully saturated rings. The van der Waals surface area contributed by atoms with Crippen LogP contribution in [-0.2, 0) is 15.0 Å². The fourth-order valence-electron chi connectivity index (χ4n) is 7.04. The Morgan fingerprint density at radius 1 is 0.860 bits per heavy atom. The number of rotatable bonds is 6. The second-order valence-corrected chi connectivity index (χ2v) is 12.0. The summed E-state index contributed by atoms with van der Waals surface area (Å²) in [6, 6.07) is 20.5. The summed E-state index contributed by atoms with van der Waals surface area (Å²) < 4.78 is 0. The lowest BCUT2D eigenvalue weighted by Gasteiger charge is -2.41. The predicted molar refractivity (Wildman–Crippen MR) is 164 cm³/mol. The normalized spacial score (nSPS) is 23.0. The number of fused-ring (bicyclic) bond motifs is 1. The third kappa shape index (κ3) is 5.49. The Bertz CT molecular complexity index is 1480. The van der Waals surface area contributed by atoms with E-state index < -0.39 is 11.4 Å². The number of likely N-dealkylation sites (tertiary alicyclic amines) is 1. The van der Waals surface area contributed by atoms with Crippen LogP contribution in [0.15, 0.2) is 72.9 Å². The number of nitrogens with zero attached hydrogens (tertiary/aromatic N) is 4. The summed E-state index contributed by atoms with van der Waals surface area (Å²) in [5.74, 6) is -0.643. The van der Waals surface area contributed by atoms with Gasteiger partial charge in [-0.25, -0.2) is 4.98 Å². The highest BCUT2D eigenvalue weighted by atomic mass is 16.4. The molecule has 2 saturated heterocycles. The maximum absolute atomic E-state index is 13.9. The average Bonchev–Trinajstić information content (AvgIpc) is 3.05. The molecule has 0 saturated carbocycles. The first kappa shape index (κ1) is 28.9. The van der Waals surface area contributed by atoms with Gasteiger partial charge in [0, 0.05) is 51.5 Å². The summed E-state index contributed by atoms with van der Waals surface area (Å²) >= 11 is 0. The fourth-order valence-corrected chi connectivity index (χ4v) is 7.04. The number of hydrogen-bond donors (Lipinski definition) is 2. The van der Waals surface area contributed by atoms with Crippen LogP contribution in [-0.4, -0.2) is 90.0 Å². The summed E-state index contributed by atoms with van der Waals surface area (Å²) in [5.41, 5.74) is 1.65. The molecule has 9 nitrogen and oxygen atoms in total. The van der Waals surface area contributed by atoms with E-state index in [2.05, 4.69) is 27.1 Å². The van der Waals surface area contributed by atoms with Crippen molar-refractivity contribution < 1.29 is 19.5 Å². The van der Waals surface area contributed by atoms with E-state index in [1.807, 2.05) is 65.6 Å². The molecule has 1 aliphatic carbocycles. The first-order valence-corrected chi connectivity index (χ1v) is 15.2. The zero-order valence-corrected chi connectivity index (χ0v) is 24.6. The number of pyridine rings is 1. The van der Waals surface area contributed by atoms with Crippen molar-refractivity contribution in [3.05, 3.63) is 95.2 Å². The molecule has 43 heavy (non-hydrogen) atoms. The lowest BCUT2D eigenvalue weighted by molar-refractivity contribution is -0.144. The number of carboxylic acids is 1. The van der Waals surface area contributed by atoms with Crippen molar-refractivity contribution in [1.82, 2.24) is 20.1 Å². The average molecular weight is 582 g/mol. The second-order valence-electron chi connectivity index (χ2n) is 12.0. The number of aliphatic carboxylic acids is 1. The van der Waals surface area contributed by atoms with Gasteiger partial charge in [0.2, 0.25) is 5.91 Å². The summed E-state index contributed by atoms with van der Waals surface area (Å²) in [5, 5.41) is 13.7. The minimum Gasteiger partial charge on any atom is -0.480 e. The van der Waals surface area contributed by atoms with Gasteiger partial charge in [-0.2, -0.15) is 0 Å². The van der Waals surface area contributed by atoms with Gasteiger partial charge in [0.05, 0.1) is 11.5 Å². The van der Waals surface area contributed by atoms with Crippen LogP contribution < -0.4 is 10.2 Å². The molecule has 0 spiro atoms. The summed E-state index contributed by atoms with van der Waals surface area (Å²) in [6.45, 7) is 4.61.